The number of rotatable bonds is 2. The molecule has 0 aliphatic carbocycles. The third-order valence-electron chi connectivity index (χ3n) is 2.56. The van der Waals surface area contributed by atoms with E-state index in [4.69, 9.17) is 17.3 Å². The Bertz CT molecular complexity index is 589. The molecule has 0 unspecified atom stereocenters. The van der Waals surface area contributed by atoms with Gasteiger partial charge in [-0.1, -0.05) is 17.7 Å². The van der Waals surface area contributed by atoms with Crippen LogP contribution in [0.5, 0.6) is 0 Å². The van der Waals surface area contributed by atoms with Crippen LogP contribution in [0.2, 0.25) is 5.02 Å². The first kappa shape index (κ1) is 12.1. The van der Waals surface area contributed by atoms with Gasteiger partial charge in [0, 0.05) is 20.9 Å². The second-order valence-corrected chi connectivity index (χ2v) is 5.70. The summed E-state index contributed by atoms with van der Waals surface area (Å²) in [5.74, 6) is -0.0656. The van der Waals surface area contributed by atoms with E-state index in [1.54, 1.807) is 29.5 Å². The molecule has 1 heterocycles. The molecular weight excluding hydrogens is 254 g/mol. The molecule has 0 fully saturated rings. The van der Waals surface area contributed by atoms with E-state index >= 15 is 0 Å². The van der Waals surface area contributed by atoms with E-state index in [0.29, 0.717) is 21.8 Å². The molecule has 2 rings (SSSR count). The minimum absolute atomic E-state index is 0.0656. The summed E-state index contributed by atoms with van der Waals surface area (Å²) < 4.78 is 0. The fraction of sp³-hybridized carbons (Fsp3) is 0.154. The smallest absolute Gasteiger partial charge is 0.195 e. The summed E-state index contributed by atoms with van der Waals surface area (Å²) in [6, 6.07) is 7.02. The van der Waals surface area contributed by atoms with Gasteiger partial charge in [0.1, 0.15) is 0 Å². The third kappa shape index (κ3) is 2.21. The average molecular weight is 266 g/mol. The molecule has 0 spiro atoms. The van der Waals surface area contributed by atoms with Gasteiger partial charge in [0.05, 0.1) is 10.7 Å². The van der Waals surface area contributed by atoms with Crippen LogP contribution in [0.4, 0.5) is 5.69 Å². The minimum atomic E-state index is -0.0656. The Morgan fingerprint density at radius 3 is 2.59 bits per heavy atom. The number of carbonyl (C=O) groups is 1. The van der Waals surface area contributed by atoms with Crippen LogP contribution in [0, 0.1) is 13.8 Å². The maximum atomic E-state index is 12.3. The quantitative estimate of drug-likeness (QED) is 0.662. The first-order valence-electron chi connectivity index (χ1n) is 5.16. The molecule has 0 aliphatic heterocycles. The Morgan fingerprint density at radius 1 is 1.29 bits per heavy atom. The molecule has 0 aliphatic rings. The first-order chi connectivity index (χ1) is 8.00. The van der Waals surface area contributed by atoms with Crippen molar-refractivity contribution in [1.82, 2.24) is 0 Å². The average Bonchev–Trinajstić information content (AvgIpc) is 2.61. The van der Waals surface area contributed by atoms with Crippen molar-refractivity contribution < 1.29 is 4.79 Å². The zero-order valence-corrected chi connectivity index (χ0v) is 11.2. The topological polar surface area (TPSA) is 43.1 Å². The lowest BCUT2D eigenvalue weighted by atomic mass is 10.0. The summed E-state index contributed by atoms with van der Waals surface area (Å²) in [5.41, 5.74) is 7.30. The van der Waals surface area contributed by atoms with Gasteiger partial charge in [-0.05, 0) is 32.0 Å². The monoisotopic (exact) mass is 265 g/mol. The number of nitrogens with two attached hydrogens (primary N) is 1. The van der Waals surface area contributed by atoms with Gasteiger partial charge < -0.3 is 5.73 Å². The highest BCUT2D eigenvalue weighted by Gasteiger charge is 2.17. The maximum absolute atomic E-state index is 12.3. The lowest BCUT2D eigenvalue weighted by Gasteiger charge is -2.05. The molecule has 0 radical (unpaired) electrons. The van der Waals surface area contributed by atoms with Crippen molar-refractivity contribution in [1.29, 1.82) is 0 Å². The standard InChI is InChI=1S/C13H12ClNOS/c1-7-6-10(8(2)17-7)13(16)9-4-3-5-11(15)12(9)14/h3-6H,15H2,1-2H3. The molecule has 0 saturated heterocycles. The Morgan fingerprint density at radius 2 is 2.00 bits per heavy atom. The molecule has 88 valence electrons. The maximum Gasteiger partial charge on any atom is 0.195 e. The van der Waals surface area contributed by atoms with Gasteiger partial charge in [0.2, 0.25) is 0 Å². The van der Waals surface area contributed by atoms with Crippen LogP contribution in [-0.4, -0.2) is 5.78 Å². The highest BCUT2D eigenvalue weighted by Crippen LogP contribution is 2.28. The molecule has 4 heteroatoms. The zero-order valence-electron chi connectivity index (χ0n) is 9.58. The Kier molecular flexibility index (Phi) is 3.22. The van der Waals surface area contributed by atoms with Crippen LogP contribution in [0.15, 0.2) is 24.3 Å². The number of ketones is 1. The van der Waals surface area contributed by atoms with Gasteiger partial charge >= 0.3 is 0 Å². The van der Waals surface area contributed by atoms with Crippen LogP contribution >= 0.6 is 22.9 Å². The number of benzene rings is 1. The van der Waals surface area contributed by atoms with Crippen LogP contribution in [0.25, 0.3) is 0 Å². The molecule has 0 bridgehead atoms. The van der Waals surface area contributed by atoms with Crippen LogP contribution in [0.3, 0.4) is 0 Å². The molecule has 17 heavy (non-hydrogen) atoms. The first-order valence-corrected chi connectivity index (χ1v) is 6.36. The van der Waals surface area contributed by atoms with Crippen LogP contribution < -0.4 is 5.73 Å². The van der Waals surface area contributed by atoms with Gasteiger partial charge in [-0.2, -0.15) is 0 Å². The summed E-state index contributed by atoms with van der Waals surface area (Å²) in [5, 5.41) is 0.334. The van der Waals surface area contributed by atoms with E-state index in [9.17, 15) is 4.79 Å². The number of carbonyl (C=O) groups excluding carboxylic acids is 1. The van der Waals surface area contributed by atoms with Crippen LogP contribution in [0.1, 0.15) is 25.7 Å². The number of hydrogen-bond donors (Lipinski definition) is 1. The largest absolute Gasteiger partial charge is 0.398 e. The molecule has 0 saturated carbocycles. The highest BCUT2D eigenvalue weighted by molar-refractivity contribution is 7.12. The highest BCUT2D eigenvalue weighted by atomic mass is 35.5. The molecule has 2 aromatic rings. The van der Waals surface area contributed by atoms with E-state index in [0.717, 1.165) is 9.75 Å². The number of halogens is 1. The third-order valence-corrected chi connectivity index (χ3v) is 3.95. The van der Waals surface area contributed by atoms with E-state index < -0.39 is 0 Å². The van der Waals surface area contributed by atoms with Crippen molar-refractivity contribution in [3.8, 4) is 0 Å². The van der Waals surface area contributed by atoms with E-state index in [2.05, 4.69) is 0 Å². The number of aryl methyl sites for hydroxylation is 2. The lowest BCUT2D eigenvalue weighted by molar-refractivity contribution is 0.103. The van der Waals surface area contributed by atoms with Gasteiger partial charge in [-0.3, -0.25) is 4.79 Å². The summed E-state index contributed by atoms with van der Waals surface area (Å²) in [6.45, 7) is 3.92. The van der Waals surface area contributed by atoms with Crippen molar-refractivity contribution >= 4 is 34.4 Å². The zero-order chi connectivity index (χ0) is 12.6. The predicted octanol–water partition coefficient (Wildman–Crippen LogP) is 3.83. The van der Waals surface area contributed by atoms with E-state index in [1.807, 2.05) is 19.9 Å². The van der Waals surface area contributed by atoms with Crippen molar-refractivity contribution in [3.63, 3.8) is 0 Å². The number of anilines is 1. The molecule has 2 N–H and O–H groups in total. The molecule has 1 aromatic carbocycles. The minimum Gasteiger partial charge on any atom is -0.398 e. The van der Waals surface area contributed by atoms with Crippen molar-refractivity contribution in [2.45, 2.75) is 13.8 Å². The molecular formula is C13H12ClNOS. The lowest BCUT2D eigenvalue weighted by Crippen LogP contribution is -2.03. The Labute approximate surface area is 109 Å². The SMILES string of the molecule is Cc1cc(C(=O)c2cccc(N)c2Cl)c(C)s1. The predicted molar refractivity (Wildman–Crippen MR) is 73.1 cm³/mol. The van der Waals surface area contributed by atoms with Crippen molar-refractivity contribution in [2.24, 2.45) is 0 Å². The fourth-order valence-electron chi connectivity index (χ4n) is 1.73. The summed E-state index contributed by atoms with van der Waals surface area (Å²) >= 11 is 7.66. The van der Waals surface area contributed by atoms with Gasteiger partial charge in [-0.15, -0.1) is 11.3 Å². The summed E-state index contributed by atoms with van der Waals surface area (Å²) in [6.07, 6.45) is 0. The Hall–Kier alpha value is -1.32. The number of thiophene rings is 1. The number of hydrogen-bond acceptors (Lipinski definition) is 3. The molecule has 0 atom stereocenters. The fourth-order valence-corrected chi connectivity index (χ4v) is 2.86. The van der Waals surface area contributed by atoms with Crippen molar-refractivity contribution in [2.75, 3.05) is 5.73 Å². The summed E-state index contributed by atoms with van der Waals surface area (Å²) in [7, 11) is 0. The van der Waals surface area contributed by atoms with E-state index in [-0.39, 0.29) is 5.78 Å². The normalized spacial score (nSPS) is 10.5. The van der Waals surface area contributed by atoms with E-state index in [1.165, 1.54) is 0 Å². The second-order valence-electron chi connectivity index (χ2n) is 3.86. The molecule has 0 amide bonds. The number of nitrogen functional groups attached to an aromatic ring is 1. The second kappa shape index (κ2) is 4.51. The van der Waals surface area contributed by atoms with Crippen LogP contribution in [-0.2, 0) is 0 Å². The van der Waals surface area contributed by atoms with Gasteiger partial charge in [-0.25, -0.2) is 0 Å². The molecule has 1 aromatic heterocycles. The summed E-state index contributed by atoms with van der Waals surface area (Å²) in [4.78, 5) is 14.4. The Balaban J connectivity index is 2.51. The molecule has 2 nitrogen and oxygen atoms in total. The van der Waals surface area contributed by atoms with Gasteiger partial charge in [0.15, 0.2) is 5.78 Å². The van der Waals surface area contributed by atoms with Crippen molar-refractivity contribution in [3.05, 3.63) is 50.2 Å². The van der Waals surface area contributed by atoms with Gasteiger partial charge in [0.25, 0.3) is 0 Å².